The van der Waals surface area contributed by atoms with E-state index in [1.165, 1.54) is 10.8 Å². The van der Waals surface area contributed by atoms with Crippen LogP contribution in [0, 0.1) is 5.41 Å². The molecule has 2 aliphatic heterocycles. The zero-order valence-corrected chi connectivity index (χ0v) is 21.0. The van der Waals surface area contributed by atoms with E-state index in [1.54, 1.807) is 0 Å². The average Bonchev–Trinajstić information content (AvgIpc) is 3.24. The number of hydrogen-bond donors (Lipinski definition) is 6. The summed E-state index contributed by atoms with van der Waals surface area (Å²) in [5, 5.41) is 18.3. The molecule has 4 rings (SSSR count). The highest BCUT2D eigenvalue weighted by atomic mass is 16.2. The molecule has 2 aliphatic rings. The second-order valence-corrected chi connectivity index (χ2v) is 9.99. The van der Waals surface area contributed by atoms with E-state index in [-0.39, 0.29) is 29.9 Å². The Morgan fingerprint density at radius 1 is 1.16 bits per heavy atom. The van der Waals surface area contributed by atoms with Crippen LogP contribution in [0.25, 0.3) is 10.8 Å². The number of primary amides is 1. The van der Waals surface area contributed by atoms with Gasteiger partial charge in [-0.1, -0.05) is 42.5 Å². The number of carbonyl (C=O) groups is 3. The van der Waals surface area contributed by atoms with Crippen molar-refractivity contribution in [3.8, 4) is 0 Å². The summed E-state index contributed by atoms with van der Waals surface area (Å²) in [7, 11) is 0. The third kappa shape index (κ3) is 6.75. The lowest BCUT2D eigenvalue weighted by atomic mass is 9.87. The Balaban J connectivity index is 1.27. The van der Waals surface area contributed by atoms with Crippen LogP contribution in [0.4, 0.5) is 0 Å². The van der Waals surface area contributed by atoms with E-state index in [2.05, 4.69) is 40.2 Å². The van der Waals surface area contributed by atoms with Crippen LogP contribution in [0.15, 0.2) is 42.5 Å². The Kier molecular flexibility index (Phi) is 8.24. The number of likely N-dealkylation sites (tertiary alicyclic amines) is 1. The maximum absolute atomic E-state index is 13.1. The molecule has 11 heteroatoms. The largest absolute Gasteiger partial charge is 0.370 e. The van der Waals surface area contributed by atoms with Gasteiger partial charge in [0.05, 0.1) is 6.54 Å². The molecule has 0 aromatic heterocycles. The first kappa shape index (κ1) is 26.4. The van der Waals surface area contributed by atoms with Gasteiger partial charge in [-0.25, -0.2) is 0 Å². The fourth-order valence-corrected chi connectivity index (χ4v) is 5.24. The van der Waals surface area contributed by atoms with Crippen molar-refractivity contribution in [3.63, 3.8) is 0 Å². The van der Waals surface area contributed by atoms with Crippen LogP contribution in [0.5, 0.6) is 0 Å². The fraction of sp³-hybridized carbons (Fsp3) is 0.462. The van der Waals surface area contributed by atoms with E-state index in [0.29, 0.717) is 52.1 Å². The van der Waals surface area contributed by atoms with Gasteiger partial charge in [0.2, 0.25) is 17.7 Å². The molecule has 8 N–H and O–H groups in total. The lowest BCUT2D eigenvalue weighted by Crippen LogP contribution is -2.54. The molecule has 0 saturated carbocycles. The number of fused-ring (bicyclic) bond motifs is 1. The summed E-state index contributed by atoms with van der Waals surface area (Å²) in [6.07, 6.45) is 2.06. The van der Waals surface area contributed by atoms with Crippen molar-refractivity contribution in [2.24, 2.45) is 11.5 Å². The van der Waals surface area contributed by atoms with Crippen molar-refractivity contribution in [2.45, 2.75) is 43.8 Å². The van der Waals surface area contributed by atoms with Crippen molar-refractivity contribution in [1.82, 2.24) is 25.8 Å². The second-order valence-electron chi connectivity index (χ2n) is 9.99. The number of piperidine rings is 1. The van der Waals surface area contributed by atoms with Gasteiger partial charge in [-0.15, -0.1) is 0 Å². The number of hydrogen-bond acceptors (Lipinski definition) is 6. The maximum atomic E-state index is 13.1. The molecule has 2 aromatic carbocycles. The van der Waals surface area contributed by atoms with Crippen LogP contribution in [0.1, 0.15) is 31.2 Å². The number of nitrogens with two attached hydrogens (primary N) is 2. The molecule has 3 amide bonds. The Morgan fingerprint density at radius 3 is 2.70 bits per heavy atom. The molecule has 11 nitrogen and oxygen atoms in total. The zero-order chi connectivity index (χ0) is 26.4. The predicted octanol–water partition coefficient (Wildman–Crippen LogP) is -0.203. The van der Waals surface area contributed by atoms with E-state index < -0.39 is 11.9 Å². The van der Waals surface area contributed by atoms with Crippen molar-refractivity contribution in [1.29, 1.82) is 5.41 Å². The van der Waals surface area contributed by atoms with E-state index in [1.807, 2.05) is 28.0 Å². The van der Waals surface area contributed by atoms with Gasteiger partial charge in [0.15, 0.2) is 5.96 Å². The Hall–Kier alpha value is -3.70. The minimum absolute atomic E-state index is 0.103. The number of carbonyl (C=O) groups excluding carboxylic acids is 3. The smallest absolute Gasteiger partial charge is 0.240 e. The number of nitrogens with one attached hydrogen (secondary N) is 4. The summed E-state index contributed by atoms with van der Waals surface area (Å²) in [5.74, 6) is -0.933. The second kappa shape index (κ2) is 11.6. The van der Waals surface area contributed by atoms with Gasteiger partial charge >= 0.3 is 0 Å². The quantitative estimate of drug-likeness (QED) is 0.147. The van der Waals surface area contributed by atoms with Crippen LogP contribution in [0.2, 0.25) is 0 Å². The molecule has 2 saturated heterocycles. The van der Waals surface area contributed by atoms with Crippen LogP contribution in [-0.2, 0) is 20.9 Å². The van der Waals surface area contributed by atoms with Crippen molar-refractivity contribution in [2.75, 3.05) is 32.8 Å². The molecule has 37 heavy (non-hydrogen) atoms. The predicted molar refractivity (Wildman–Crippen MR) is 141 cm³/mol. The fourth-order valence-electron chi connectivity index (χ4n) is 5.24. The van der Waals surface area contributed by atoms with Gasteiger partial charge in [0.25, 0.3) is 0 Å². The van der Waals surface area contributed by atoms with Gasteiger partial charge in [0, 0.05) is 44.8 Å². The van der Waals surface area contributed by atoms with Crippen molar-refractivity contribution >= 4 is 34.5 Å². The SMILES string of the molecule is N=C(N)NCCC[C@H](NC(=O)CN1CNC2(CCN(Cc3cccc4ccccc34)C(=O)C2)C1)C(N)=O. The Labute approximate surface area is 216 Å². The van der Waals surface area contributed by atoms with Gasteiger partial charge in [-0.2, -0.15) is 0 Å². The summed E-state index contributed by atoms with van der Waals surface area (Å²) in [6.45, 7) is 2.83. The first-order chi connectivity index (χ1) is 17.7. The first-order valence-corrected chi connectivity index (χ1v) is 12.6. The summed E-state index contributed by atoms with van der Waals surface area (Å²) >= 11 is 0. The van der Waals surface area contributed by atoms with Gasteiger partial charge in [-0.05, 0) is 35.6 Å². The molecule has 0 bridgehead atoms. The van der Waals surface area contributed by atoms with Gasteiger partial charge in [0.1, 0.15) is 6.04 Å². The molecule has 0 radical (unpaired) electrons. The minimum Gasteiger partial charge on any atom is -0.370 e. The van der Waals surface area contributed by atoms with Gasteiger partial charge in [-0.3, -0.25) is 30.0 Å². The molecule has 2 fully saturated rings. The summed E-state index contributed by atoms with van der Waals surface area (Å²) in [4.78, 5) is 41.4. The van der Waals surface area contributed by atoms with Gasteiger partial charge < -0.3 is 27.0 Å². The van der Waals surface area contributed by atoms with E-state index in [9.17, 15) is 14.4 Å². The monoisotopic (exact) mass is 508 g/mol. The maximum Gasteiger partial charge on any atom is 0.240 e. The highest BCUT2D eigenvalue weighted by Crippen LogP contribution is 2.30. The number of benzene rings is 2. The molecule has 1 spiro atoms. The molecule has 1 unspecified atom stereocenters. The minimum atomic E-state index is -0.787. The topological polar surface area (TPSA) is 170 Å². The zero-order valence-electron chi connectivity index (χ0n) is 21.0. The lowest BCUT2D eigenvalue weighted by Gasteiger charge is -2.39. The molecular formula is C26H36N8O3. The lowest BCUT2D eigenvalue weighted by molar-refractivity contribution is -0.136. The Morgan fingerprint density at radius 2 is 1.95 bits per heavy atom. The van der Waals surface area contributed by atoms with Crippen molar-refractivity contribution < 1.29 is 14.4 Å². The number of amides is 3. The van der Waals surface area contributed by atoms with E-state index >= 15 is 0 Å². The molecule has 2 atom stereocenters. The summed E-state index contributed by atoms with van der Waals surface area (Å²) in [5.41, 5.74) is 11.5. The normalized spacial score (nSPS) is 20.8. The molecule has 0 aliphatic carbocycles. The van der Waals surface area contributed by atoms with Crippen LogP contribution in [-0.4, -0.2) is 77.9 Å². The standard InChI is InChI=1S/C26H36N8O3/c27-24(37)21(9-4-11-30-25(28)29)32-22(35)15-33-16-26(31-17-33)10-12-34(23(36)13-26)14-19-7-3-6-18-5-1-2-8-20(18)19/h1-3,5-8,21,31H,4,9-17H2,(H2,27,37)(H,32,35)(H4,28,29,30)/t21-,26?/m0/s1. The van der Waals surface area contributed by atoms with Crippen molar-refractivity contribution in [3.05, 3.63) is 48.0 Å². The average molecular weight is 509 g/mol. The van der Waals surface area contributed by atoms with Crippen LogP contribution < -0.4 is 27.4 Å². The summed E-state index contributed by atoms with van der Waals surface area (Å²) in [6, 6.07) is 13.6. The Bertz CT molecular complexity index is 1170. The number of guanidine groups is 1. The highest BCUT2D eigenvalue weighted by molar-refractivity contribution is 5.88. The van der Waals surface area contributed by atoms with Crippen LogP contribution in [0.3, 0.4) is 0 Å². The molecule has 198 valence electrons. The third-order valence-corrected chi connectivity index (χ3v) is 7.18. The first-order valence-electron chi connectivity index (χ1n) is 12.6. The molecular weight excluding hydrogens is 472 g/mol. The van der Waals surface area contributed by atoms with E-state index in [0.717, 1.165) is 12.0 Å². The molecule has 2 heterocycles. The number of nitrogens with zero attached hydrogens (tertiary/aromatic N) is 2. The summed E-state index contributed by atoms with van der Waals surface area (Å²) < 4.78 is 0. The third-order valence-electron chi connectivity index (χ3n) is 7.18. The van der Waals surface area contributed by atoms with E-state index in [4.69, 9.17) is 16.9 Å². The highest BCUT2D eigenvalue weighted by Gasteiger charge is 2.44. The number of rotatable bonds is 10. The van der Waals surface area contributed by atoms with Crippen LogP contribution >= 0.6 is 0 Å². The molecule has 2 aromatic rings.